The van der Waals surface area contributed by atoms with Gasteiger partial charge in [-0.25, -0.2) is 0 Å². The zero-order valence-electron chi connectivity index (χ0n) is 10.2. The van der Waals surface area contributed by atoms with Crippen LogP contribution in [0.15, 0.2) is 24.3 Å². The molecule has 1 N–H and O–H groups in total. The Morgan fingerprint density at radius 1 is 1.19 bits per heavy atom. The van der Waals surface area contributed by atoms with Crippen molar-refractivity contribution in [3.05, 3.63) is 29.8 Å². The fourth-order valence-electron chi connectivity index (χ4n) is 2.03. The first kappa shape index (κ1) is 11.4. The average molecular weight is 219 g/mol. The predicted molar refractivity (Wildman–Crippen MR) is 68.9 cm³/mol. The van der Waals surface area contributed by atoms with Crippen molar-refractivity contribution in [3.8, 4) is 0 Å². The van der Waals surface area contributed by atoms with E-state index in [4.69, 9.17) is 0 Å². The fourth-order valence-corrected chi connectivity index (χ4v) is 2.03. The number of nitrogens with zero attached hydrogens (tertiary/aromatic N) is 2. The smallest absolute Gasteiger partial charge is 0.0704 e. The third-order valence-electron chi connectivity index (χ3n) is 3.10. The largest absolute Gasteiger partial charge is 0.362 e. The van der Waals surface area contributed by atoms with Crippen LogP contribution < -0.4 is 10.2 Å². The second kappa shape index (κ2) is 5.32. The highest BCUT2D eigenvalue weighted by Gasteiger charge is 2.11. The minimum atomic E-state index is 1.02. The van der Waals surface area contributed by atoms with Crippen LogP contribution in [0, 0.1) is 6.92 Å². The summed E-state index contributed by atoms with van der Waals surface area (Å²) >= 11 is 0. The summed E-state index contributed by atoms with van der Waals surface area (Å²) in [6.45, 7) is 7.67. The van der Waals surface area contributed by atoms with Gasteiger partial charge in [0.15, 0.2) is 0 Å². The van der Waals surface area contributed by atoms with Crippen LogP contribution in [0.4, 0.5) is 5.69 Å². The molecule has 1 aromatic carbocycles. The molecule has 1 heterocycles. The molecule has 16 heavy (non-hydrogen) atoms. The molecule has 0 radical (unpaired) electrons. The Bertz CT molecular complexity index is 314. The van der Waals surface area contributed by atoms with E-state index in [1.807, 2.05) is 0 Å². The molecule has 1 aromatic rings. The molecule has 1 aliphatic heterocycles. The van der Waals surface area contributed by atoms with Crippen LogP contribution in [0.1, 0.15) is 5.56 Å². The van der Waals surface area contributed by atoms with Crippen molar-refractivity contribution in [2.75, 3.05) is 44.8 Å². The number of piperazine rings is 1. The van der Waals surface area contributed by atoms with Crippen molar-refractivity contribution in [1.29, 1.82) is 0 Å². The number of rotatable bonds is 3. The summed E-state index contributed by atoms with van der Waals surface area (Å²) in [5.74, 6) is 0. The van der Waals surface area contributed by atoms with Gasteiger partial charge in [-0.1, -0.05) is 17.7 Å². The highest BCUT2D eigenvalue weighted by atomic mass is 15.3. The normalized spacial score (nSPS) is 17.4. The highest BCUT2D eigenvalue weighted by molar-refractivity contribution is 5.46. The summed E-state index contributed by atoms with van der Waals surface area (Å²) in [5, 5.41) is 3.38. The minimum absolute atomic E-state index is 1.02. The van der Waals surface area contributed by atoms with Gasteiger partial charge in [-0.15, -0.1) is 0 Å². The van der Waals surface area contributed by atoms with E-state index < -0.39 is 0 Å². The predicted octanol–water partition coefficient (Wildman–Crippen LogP) is 1.29. The Morgan fingerprint density at radius 2 is 1.81 bits per heavy atom. The summed E-state index contributed by atoms with van der Waals surface area (Å²) in [6, 6.07) is 8.72. The Kier molecular flexibility index (Phi) is 3.80. The monoisotopic (exact) mass is 219 g/mol. The van der Waals surface area contributed by atoms with Gasteiger partial charge < -0.3 is 10.2 Å². The highest BCUT2D eigenvalue weighted by Crippen LogP contribution is 2.13. The standard InChI is InChI=1S/C13H21N3/c1-12-3-5-13(6-4-12)15(2)11-16-9-7-14-8-10-16/h3-6,14H,7-11H2,1-2H3. The first-order valence-electron chi connectivity index (χ1n) is 5.96. The molecule has 0 aliphatic carbocycles. The lowest BCUT2D eigenvalue weighted by atomic mass is 10.2. The van der Waals surface area contributed by atoms with Gasteiger partial charge in [0, 0.05) is 38.9 Å². The lowest BCUT2D eigenvalue weighted by Crippen LogP contribution is -2.47. The zero-order valence-corrected chi connectivity index (χ0v) is 10.2. The number of hydrogen-bond donors (Lipinski definition) is 1. The zero-order chi connectivity index (χ0) is 11.4. The van der Waals surface area contributed by atoms with Gasteiger partial charge in [0.2, 0.25) is 0 Å². The van der Waals surface area contributed by atoms with Crippen molar-refractivity contribution >= 4 is 5.69 Å². The molecule has 0 saturated carbocycles. The molecule has 88 valence electrons. The maximum absolute atomic E-state index is 3.38. The quantitative estimate of drug-likeness (QED) is 0.826. The molecule has 0 bridgehead atoms. The van der Waals surface area contributed by atoms with E-state index in [2.05, 4.69) is 53.4 Å². The van der Waals surface area contributed by atoms with Crippen LogP contribution in [-0.4, -0.2) is 44.8 Å². The third-order valence-corrected chi connectivity index (χ3v) is 3.10. The minimum Gasteiger partial charge on any atom is -0.362 e. The van der Waals surface area contributed by atoms with E-state index in [-0.39, 0.29) is 0 Å². The second-order valence-corrected chi connectivity index (χ2v) is 4.54. The molecule has 0 spiro atoms. The molecule has 2 rings (SSSR count). The lowest BCUT2D eigenvalue weighted by molar-refractivity contribution is 0.243. The molecule has 0 amide bonds. The van der Waals surface area contributed by atoms with Crippen LogP contribution in [0.3, 0.4) is 0 Å². The Morgan fingerprint density at radius 3 is 2.44 bits per heavy atom. The third kappa shape index (κ3) is 2.97. The Balaban J connectivity index is 1.91. The number of hydrogen-bond acceptors (Lipinski definition) is 3. The van der Waals surface area contributed by atoms with E-state index in [9.17, 15) is 0 Å². The van der Waals surface area contributed by atoms with Gasteiger partial charge in [-0.2, -0.15) is 0 Å². The van der Waals surface area contributed by atoms with Crippen LogP contribution in [-0.2, 0) is 0 Å². The van der Waals surface area contributed by atoms with Gasteiger partial charge in [0.25, 0.3) is 0 Å². The SMILES string of the molecule is Cc1ccc(N(C)CN2CCNCC2)cc1. The van der Waals surface area contributed by atoms with E-state index in [0.717, 1.165) is 32.8 Å². The molecule has 0 atom stereocenters. The summed E-state index contributed by atoms with van der Waals surface area (Å²) in [7, 11) is 2.16. The van der Waals surface area contributed by atoms with Crippen molar-refractivity contribution in [2.45, 2.75) is 6.92 Å². The van der Waals surface area contributed by atoms with E-state index in [1.165, 1.54) is 11.3 Å². The Labute approximate surface area is 98.0 Å². The second-order valence-electron chi connectivity index (χ2n) is 4.54. The van der Waals surface area contributed by atoms with E-state index in [0.29, 0.717) is 0 Å². The van der Waals surface area contributed by atoms with Crippen molar-refractivity contribution < 1.29 is 0 Å². The molecule has 1 aliphatic rings. The van der Waals surface area contributed by atoms with Gasteiger partial charge in [0.05, 0.1) is 6.67 Å². The molecule has 1 saturated heterocycles. The van der Waals surface area contributed by atoms with Crippen LogP contribution in [0.25, 0.3) is 0 Å². The van der Waals surface area contributed by atoms with Gasteiger partial charge in [0.1, 0.15) is 0 Å². The number of anilines is 1. The maximum Gasteiger partial charge on any atom is 0.0704 e. The van der Waals surface area contributed by atoms with Crippen LogP contribution in [0.2, 0.25) is 0 Å². The van der Waals surface area contributed by atoms with Gasteiger partial charge in [-0.3, -0.25) is 4.90 Å². The molecular weight excluding hydrogens is 198 g/mol. The molecule has 3 heteroatoms. The fraction of sp³-hybridized carbons (Fsp3) is 0.538. The van der Waals surface area contributed by atoms with Gasteiger partial charge in [-0.05, 0) is 19.1 Å². The Hall–Kier alpha value is -1.06. The molecule has 0 unspecified atom stereocenters. The van der Waals surface area contributed by atoms with Crippen LogP contribution in [0.5, 0.6) is 0 Å². The first-order valence-corrected chi connectivity index (χ1v) is 5.96. The summed E-state index contributed by atoms with van der Waals surface area (Å²) < 4.78 is 0. The molecule has 0 aromatic heterocycles. The van der Waals surface area contributed by atoms with Crippen molar-refractivity contribution in [3.63, 3.8) is 0 Å². The molecular formula is C13H21N3. The number of aryl methyl sites for hydroxylation is 1. The van der Waals surface area contributed by atoms with E-state index in [1.54, 1.807) is 0 Å². The molecule has 1 fully saturated rings. The first-order chi connectivity index (χ1) is 7.75. The number of nitrogens with one attached hydrogen (secondary N) is 1. The van der Waals surface area contributed by atoms with Crippen LogP contribution >= 0.6 is 0 Å². The average Bonchev–Trinajstić information content (AvgIpc) is 2.31. The van der Waals surface area contributed by atoms with Crippen molar-refractivity contribution in [1.82, 2.24) is 10.2 Å². The summed E-state index contributed by atoms with van der Waals surface area (Å²) in [4.78, 5) is 4.79. The molecule has 3 nitrogen and oxygen atoms in total. The lowest BCUT2D eigenvalue weighted by Gasteiger charge is -2.32. The summed E-state index contributed by atoms with van der Waals surface area (Å²) in [5.41, 5.74) is 2.61. The van der Waals surface area contributed by atoms with E-state index >= 15 is 0 Å². The van der Waals surface area contributed by atoms with Gasteiger partial charge >= 0.3 is 0 Å². The number of benzene rings is 1. The van der Waals surface area contributed by atoms with Crippen molar-refractivity contribution in [2.24, 2.45) is 0 Å². The summed E-state index contributed by atoms with van der Waals surface area (Å²) in [6.07, 6.45) is 0. The maximum atomic E-state index is 3.38. The topological polar surface area (TPSA) is 18.5 Å².